The van der Waals surface area contributed by atoms with E-state index >= 15 is 0 Å². The Morgan fingerprint density at radius 2 is 1.83 bits per heavy atom. The van der Waals surface area contributed by atoms with Crippen LogP contribution in [0.2, 0.25) is 5.02 Å². The normalized spacial score (nSPS) is 15.0. The summed E-state index contributed by atoms with van der Waals surface area (Å²) in [6.07, 6.45) is 0. The lowest BCUT2D eigenvalue weighted by Crippen LogP contribution is -2.49. The van der Waals surface area contributed by atoms with Crippen LogP contribution in [0, 0.1) is 12.7 Å². The predicted octanol–water partition coefficient (Wildman–Crippen LogP) is 2.97. The number of carbonyl (C=O) groups excluding carboxylic acids is 1. The van der Waals surface area contributed by atoms with Crippen LogP contribution in [0.4, 0.5) is 10.1 Å². The van der Waals surface area contributed by atoms with Crippen LogP contribution in [0.15, 0.2) is 24.3 Å². The van der Waals surface area contributed by atoms with Crippen molar-refractivity contribution < 1.29 is 9.18 Å². The summed E-state index contributed by atoms with van der Waals surface area (Å²) in [7, 11) is 0. The summed E-state index contributed by atoms with van der Waals surface area (Å²) in [5.74, 6) is -0.327. The number of piperazine rings is 1. The van der Waals surface area contributed by atoms with Crippen molar-refractivity contribution in [3.63, 3.8) is 0 Å². The monoisotopic (exact) mass is 350 g/mol. The second-order valence-electron chi connectivity index (χ2n) is 5.82. The molecule has 0 saturated carbocycles. The van der Waals surface area contributed by atoms with E-state index in [-0.39, 0.29) is 11.7 Å². The molecular weight excluding hydrogens is 331 g/mol. The molecule has 1 saturated heterocycles. The maximum Gasteiger partial charge on any atom is 0.273 e. The van der Waals surface area contributed by atoms with E-state index in [4.69, 9.17) is 11.6 Å². The van der Waals surface area contributed by atoms with Crippen LogP contribution < -0.4 is 4.90 Å². The van der Waals surface area contributed by atoms with Gasteiger partial charge in [-0.1, -0.05) is 11.6 Å². The van der Waals surface area contributed by atoms with Crippen LogP contribution >= 0.6 is 11.6 Å². The highest BCUT2D eigenvalue weighted by molar-refractivity contribution is 6.34. The molecule has 1 aliphatic heterocycles. The molecule has 1 fully saturated rings. The van der Waals surface area contributed by atoms with Gasteiger partial charge in [0.05, 0.1) is 10.7 Å². The average molecular weight is 351 g/mol. The summed E-state index contributed by atoms with van der Waals surface area (Å²) >= 11 is 6.27. The van der Waals surface area contributed by atoms with Gasteiger partial charge >= 0.3 is 0 Å². The van der Waals surface area contributed by atoms with Gasteiger partial charge in [-0.3, -0.25) is 9.48 Å². The number of nitrogens with zero attached hydrogens (tertiary/aromatic N) is 4. The third-order valence-electron chi connectivity index (χ3n) is 4.32. The minimum atomic E-state index is -0.245. The van der Waals surface area contributed by atoms with Crippen LogP contribution in [0.5, 0.6) is 0 Å². The topological polar surface area (TPSA) is 41.4 Å². The predicted molar refractivity (Wildman–Crippen MR) is 92.2 cm³/mol. The zero-order valence-electron chi connectivity index (χ0n) is 13.8. The number of hydrogen-bond donors (Lipinski definition) is 0. The SMILES string of the molecule is CCn1nc(C)c(Cl)c1C(=O)N1CCN(c2ccc(F)cc2)CC1. The lowest BCUT2D eigenvalue weighted by molar-refractivity contribution is 0.0734. The number of aryl methyl sites for hydroxylation is 2. The molecule has 5 nitrogen and oxygen atoms in total. The van der Waals surface area contributed by atoms with E-state index in [0.717, 1.165) is 5.69 Å². The molecule has 0 aliphatic carbocycles. The summed E-state index contributed by atoms with van der Waals surface area (Å²) in [4.78, 5) is 16.8. The van der Waals surface area contributed by atoms with E-state index in [9.17, 15) is 9.18 Å². The van der Waals surface area contributed by atoms with Crippen molar-refractivity contribution in [2.75, 3.05) is 31.1 Å². The van der Waals surface area contributed by atoms with Gasteiger partial charge in [-0.05, 0) is 38.1 Å². The van der Waals surface area contributed by atoms with E-state index in [0.29, 0.717) is 49.1 Å². The van der Waals surface area contributed by atoms with Crippen molar-refractivity contribution >= 4 is 23.2 Å². The molecule has 0 radical (unpaired) electrons. The first kappa shape index (κ1) is 16.8. The Balaban J connectivity index is 1.70. The van der Waals surface area contributed by atoms with Crippen LogP contribution in [0.25, 0.3) is 0 Å². The molecule has 128 valence electrons. The Morgan fingerprint density at radius 1 is 1.21 bits per heavy atom. The van der Waals surface area contributed by atoms with Crippen molar-refractivity contribution in [1.82, 2.24) is 14.7 Å². The second kappa shape index (κ2) is 6.81. The number of carbonyl (C=O) groups is 1. The van der Waals surface area contributed by atoms with Gasteiger partial charge in [0.1, 0.15) is 11.5 Å². The van der Waals surface area contributed by atoms with Gasteiger partial charge in [0.2, 0.25) is 0 Å². The molecule has 1 amide bonds. The number of amides is 1. The first-order valence-electron chi connectivity index (χ1n) is 8.04. The maximum absolute atomic E-state index is 13.0. The van der Waals surface area contributed by atoms with Crippen LogP contribution in [-0.4, -0.2) is 46.8 Å². The molecular formula is C17H20ClFN4O. The molecule has 1 aromatic carbocycles. The highest BCUT2D eigenvalue weighted by Gasteiger charge is 2.27. The first-order valence-corrected chi connectivity index (χ1v) is 8.41. The maximum atomic E-state index is 13.0. The standard InChI is InChI=1S/C17H20ClFN4O/c1-3-23-16(15(18)12(2)20-23)17(24)22-10-8-21(9-11-22)14-6-4-13(19)5-7-14/h4-7H,3,8-11H2,1-2H3. The molecule has 1 aromatic heterocycles. The number of aromatic nitrogens is 2. The fourth-order valence-corrected chi connectivity index (χ4v) is 3.18. The van der Waals surface area contributed by atoms with Crippen molar-refractivity contribution in [3.05, 3.63) is 46.5 Å². The number of anilines is 1. The highest BCUT2D eigenvalue weighted by atomic mass is 35.5. The van der Waals surface area contributed by atoms with E-state index in [2.05, 4.69) is 10.00 Å². The summed E-state index contributed by atoms with van der Waals surface area (Å²) in [5, 5.41) is 4.74. The Bertz CT molecular complexity index is 736. The molecule has 0 spiro atoms. The molecule has 1 aliphatic rings. The summed E-state index contributed by atoms with van der Waals surface area (Å²) < 4.78 is 14.7. The Kier molecular flexibility index (Phi) is 4.76. The van der Waals surface area contributed by atoms with Crippen molar-refractivity contribution in [3.8, 4) is 0 Å². The Hall–Kier alpha value is -2.08. The molecule has 3 rings (SSSR count). The Morgan fingerprint density at radius 3 is 2.42 bits per heavy atom. The third kappa shape index (κ3) is 3.11. The third-order valence-corrected chi connectivity index (χ3v) is 4.77. The molecule has 7 heteroatoms. The van der Waals surface area contributed by atoms with Gasteiger partial charge in [-0.25, -0.2) is 4.39 Å². The molecule has 2 heterocycles. The summed E-state index contributed by atoms with van der Waals surface area (Å²) in [6.45, 7) is 6.94. The zero-order chi connectivity index (χ0) is 17.3. The molecule has 0 N–H and O–H groups in total. The largest absolute Gasteiger partial charge is 0.368 e. The molecule has 2 aromatic rings. The fraction of sp³-hybridized carbons (Fsp3) is 0.412. The van der Waals surface area contributed by atoms with Crippen LogP contribution in [-0.2, 0) is 6.54 Å². The fourth-order valence-electron chi connectivity index (χ4n) is 2.96. The second-order valence-corrected chi connectivity index (χ2v) is 6.20. The number of hydrogen-bond acceptors (Lipinski definition) is 3. The zero-order valence-corrected chi connectivity index (χ0v) is 14.6. The molecule has 0 bridgehead atoms. The van der Waals surface area contributed by atoms with Gasteiger partial charge < -0.3 is 9.80 Å². The molecule has 24 heavy (non-hydrogen) atoms. The van der Waals surface area contributed by atoms with Crippen LogP contribution in [0.1, 0.15) is 23.1 Å². The van der Waals surface area contributed by atoms with E-state index < -0.39 is 0 Å². The first-order chi connectivity index (χ1) is 11.5. The lowest BCUT2D eigenvalue weighted by atomic mass is 10.2. The van der Waals surface area contributed by atoms with Gasteiger partial charge in [0.25, 0.3) is 5.91 Å². The molecule has 0 atom stereocenters. The quantitative estimate of drug-likeness (QED) is 0.854. The lowest BCUT2D eigenvalue weighted by Gasteiger charge is -2.36. The van der Waals surface area contributed by atoms with E-state index in [1.807, 2.05) is 6.92 Å². The number of halogens is 2. The van der Waals surface area contributed by atoms with Crippen molar-refractivity contribution in [2.45, 2.75) is 20.4 Å². The summed E-state index contributed by atoms with van der Waals surface area (Å²) in [5.41, 5.74) is 2.11. The van der Waals surface area contributed by atoms with Crippen molar-refractivity contribution in [1.29, 1.82) is 0 Å². The Labute approximate surface area is 145 Å². The number of rotatable bonds is 3. The van der Waals surface area contributed by atoms with E-state index in [1.165, 1.54) is 12.1 Å². The smallest absolute Gasteiger partial charge is 0.273 e. The average Bonchev–Trinajstić information content (AvgIpc) is 2.89. The number of benzene rings is 1. The van der Waals surface area contributed by atoms with Crippen LogP contribution in [0.3, 0.4) is 0 Å². The molecule has 0 unspecified atom stereocenters. The van der Waals surface area contributed by atoms with Gasteiger partial charge in [-0.15, -0.1) is 0 Å². The highest BCUT2D eigenvalue weighted by Crippen LogP contribution is 2.23. The van der Waals surface area contributed by atoms with Gasteiger partial charge in [-0.2, -0.15) is 5.10 Å². The van der Waals surface area contributed by atoms with Gasteiger partial charge in [0.15, 0.2) is 0 Å². The van der Waals surface area contributed by atoms with Gasteiger partial charge in [0, 0.05) is 38.4 Å². The van der Waals surface area contributed by atoms with E-state index in [1.54, 1.807) is 28.6 Å². The minimum Gasteiger partial charge on any atom is -0.368 e. The minimum absolute atomic E-state index is 0.0822. The summed E-state index contributed by atoms with van der Waals surface area (Å²) in [6, 6.07) is 6.43. The van der Waals surface area contributed by atoms with Crippen molar-refractivity contribution in [2.24, 2.45) is 0 Å².